The zero-order valence-corrected chi connectivity index (χ0v) is 17.6. The Hall–Kier alpha value is -4.17. The first-order valence-electron chi connectivity index (χ1n) is 10.6. The maximum Gasteiger partial charge on any atom is 0.261 e. The first-order chi connectivity index (χ1) is 15.7. The molecule has 0 bridgehead atoms. The monoisotopic (exact) mass is 421 g/mol. The van der Waals surface area contributed by atoms with Crippen molar-refractivity contribution < 1.29 is 9.59 Å². The minimum Gasteiger partial charge on any atom is -0.279 e. The van der Waals surface area contributed by atoms with Crippen LogP contribution in [0, 0.1) is 11.8 Å². The predicted octanol–water partition coefficient (Wildman–Crippen LogP) is 4.95. The van der Waals surface area contributed by atoms with E-state index < -0.39 is 0 Å². The van der Waals surface area contributed by atoms with Gasteiger partial charge in [-0.05, 0) is 54.8 Å². The summed E-state index contributed by atoms with van der Waals surface area (Å²) in [7, 11) is 0. The van der Waals surface area contributed by atoms with Gasteiger partial charge in [-0.1, -0.05) is 54.3 Å². The fourth-order valence-electron chi connectivity index (χ4n) is 3.48. The number of carbonyl (C=O) groups is 2. The van der Waals surface area contributed by atoms with E-state index in [0.29, 0.717) is 24.1 Å². The molecule has 158 valence electrons. The van der Waals surface area contributed by atoms with Crippen molar-refractivity contribution in [1.29, 1.82) is 0 Å². The van der Waals surface area contributed by atoms with E-state index in [1.165, 1.54) is 4.90 Å². The molecule has 0 saturated carbocycles. The van der Waals surface area contributed by atoms with Gasteiger partial charge < -0.3 is 0 Å². The van der Waals surface area contributed by atoms with Crippen molar-refractivity contribution in [2.75, 3.05) is 12.0 Å². The normalized spacial score (nSPS) is 12.6. The Morgan fingerprint density at radius 3 is 2.31 bits per heavy atom. The predicted molar refractivity (Wildman–Crippen MR) is 127 cm³/mol. The number of rotatable bonds is 7. The molecule has 0 atom stereocenters. The number of fused-ring (bicyclic) bond motifs is 1. The second kappa shape index (κ2) is 10.2. The smallest absolute Gasteiger partial charge is 0.261 e. The fraction of sp³-hybridized carbons (Fsp3) is 0.148. The number of para-hydroxylation sites is 1. The lowest BCUT2D eigenvalue weighted by molar-refractivity contribution is 0.0652. The molecule has 2 amide bonds. The van der Waals surface area contributed by atoms with Crippen molar-refractivity contribution >= 4 is 23.7 Å². The van der Waals surface area contributed by atoms with Crippen molar-refractivity contribution in [3.8, 4) is 11.8 Å². The Morgan fingerprint density at radius 1 is 0.844 bits per heavy atom. The van der Waals surface area contributed by atoms with E-state index in [-0.39, 0.29) is 11.8 Å². The topological polar surface area (TPSA) is 61.8 Å². The molecule has 0 spiro atoms. The van der Waals surface area contributed by atoms with Crippen LogP contribution in [0.2, 0.25) is 0 Å². The molecule has 0 radical (unpaired) electrons. The van der Waals surface area contributed by atoms with Crippen LogP contribution in [0.1, 0.15) is 51.1 Å². The molecule has 0 fully saturated rings. The van der Waals surface area contributed by atoms with Gasteiger partial charge in [-0.25, -0.2) is 0 Å². The summed E-state index contributed by atoms with van der Waals surface area (Å²) in [6.07, 6.45) is 4.03. The lowest BCUT2D eigenvalue weighted by atomic mass is 10.1. The third-order valence-corrected chi connectivity index (χ3v) is 5.11. The average Bonchev–Trinajstić information content (AvgIpc) is 3.07. The van der Waals surface area contributed by atoms with Crippen molar-refractivity contribution in [2.45, 2.75) is 19.3 Å². The Kier molecular flexibility index (Phi) is 6.74. The summed E-state index contributed by atoms with van der Waals surface area (Å²) >= 11 is 0. The highest BCUT2D eigenvalue weighted by Gasteiger charge is 2.34. The molecular formula is C27H23N3O2. The molecule has 3 aromatic carbocycles. The molecule has 0 unspecified atom stereocenters. The molecule has 0 aromatic heterocycles. The maximum absolute atomic E-state index is 12.4. The Labute approximate surface area is 187 Å². The van der Waals surface area contributed by atoms with Gasteiger partial charge in [0.2, 0.25) is 0 Å². The van der Waals surface area contributed by atoms with Crippen LogP contribution < -0.4 is 5.43 Å². The summed E-state index contributed by atoms with van der Waals surface area (Å²) in [5, 5.41) is 4.26. The molecule has 1 N–H and O–H groups in total. The number of nitrogens with one attached hydrogen (secondary N) is 1. The van der Waals surface area contributed by atoms with Gasteiger partial charge in [0.15, 0.2) is 0 Å². The first kappa shape index (κ1) is 21.1. The van der Waals surface area contributed by atoms with Gasteiger partial charge in [0, 0.05) is 18.5 Å². The molecule has 0 saturated heterocycles. The summed E-state index contributed by atoms with van der Waals surface area (Å²) in [4.78, 5) is 26.1. The number of carbonyl (C=O) groups excluding carboxylic acids is 2. The Morgan fingerprint density at radius 2 is 1.56 bits per heavy atom. The van der Waals surface area contributed by atoms with E-state index >= 15 is 0 Å². The zero-order valence-electron chi connectivity index (χ0n) is 17.6. The molecule has 1 aliphatic heterocycles. The van der Waals surface area contributed by atoms with Crippen LogP contribution >= 0.6 is 0 Å². The van der Waals surface area contributed by atoms with Crippen molar-refractivity contribution in [3.63, 3.8) is 0 Å². The third kappa shape index (κ3) is 5.11. The van der Waals surface area contributed by atoms with Crippen LogP contribution in [0.5, 0.6) is 0 Å². The molecule has 1 heterocycles. The van der Waals surface area contributed by atoms with Crippen LogP contribution in [0.4, 0.5) is 5.69 Å². The molecule has 32 heavy (non-hydrogen) atoms. The molecular weight excluding hydrogens is 398 g/mol. The summed E-state index contributed by atoms with van der Waals surface area (Å²) in [6, 6.07) is 24.6. The first-order valence-corrected chi connectivity index (χ1v) is 10.6. The second-order valence-electron chi connectivity index (χ2n) is 7.43. The highest BCUT2D eigenvalue weighted by Crippen LogP contribution is 2.22. The van der Waals surface area contributed by atoms with Gasteiger partial charge in [0.25, 0.3) is 11.8 Å². The lowest BCUT2D eigenvalue weighted by Gasteiger charge is -2.12. The maximum atomic E-state index is 12.4. The van der Waals surface area contributed by atoms with Crippen LogP contribution in [-0.2, 0) is 0 Å². The van der Waals surface area contributed by atoms with E-state index in [0.717, 1.165) is 29.7 Å². The molecule has 3 aromatic rings. The number of benzene rings is 3. The minimum atomic E-state index is -0.197. The number of anilines is 1. The van der Waals surface area contributed by atoms with Crippen molar-refractivity contribution in [1.82, 2.24) is 4.90 Å². The Balaban J connectivity index is 1.23. The largest absolute Gasteiger partial charge is 0.279 e. The minimum absolute atomic E-state index is 0.197. The molecule has 5 nitrogen and oxygen atoms in total. The molecule has 4 rings (SSSR count). The van der Waals surface area contributed by atoms with Gasteiger partial charge in [-0.2, -0.15) is 5.10 Å². The SMILES string of the molecule is O=C1c2ccccc2C(=O)N1CCCCC#Cc1cccc(C=NNc2ccccc2)c1. The summed E-state index contributed by atoms with van der Waals surface area (Å²) in [6.45, 7) is 0.425. The highest BCUT2D eigenvalue weighted by atomic mass is 16.2. The van der Waals surface area contributed by atoms with Crippen molar-refractivity contribution in [3.05, 3.63) is 101 Å². The number of hydrazone groups is 1. The van der Waals surface area contributed by atoms with Gasteiger partial charge in [-0.15, -0.1) is 0 Å². The molecule has 5 heteroatoms. The van der Waals surface area contributed by atoms with Gasteiger partial charge >= 0.3 is 0 Å². The van der Waals surface area contributed by atoms with Crippen LogP contribution in [-0.4, -0.2) is 29.5 Å². The number of amides is 2. The van der Waals surface area contributed by atoms with E-state index in [2.05, 4.69) is 22.4 Å². The lowest BCUT2D eigenvalue weighted by Crippen LogP contribution is -2.30. The summed E-state index contributed by atoms with van der Waals surface area (Å²) < 4.78 is 0. The molecule has 1 aliphatic rings. The third-order valence-electron chi connectivity index (χ3n) is 5.11. The quantitative estimate of drug-likeness (QED) is 0.193. The Bertz CT molecular complexity index is 1170. The number of hydrogen-bond donors (Lipinski definition) is 1. The van der Waals surface area contributed by atoms with Crippen LogP contribution in [0.15, 0.2) is 84.0 Å². The van der Waals surface area contributed by atoms with E-state index in [9.17, 15) is 9.59 Å². The van der Waals surface area contributed by atoms with E-state index in [4.69, 9.17) is 0 Å². The van der Waals surface area contributed by atoms with E-state index in [1.807, 2.05) is 54.6 Å². The summed E-state index contributed by atoms with van der Waals surface area (Å²) in [5.41, 5.74) is 6.82. The van der Waals surface area contributed by atoms with Gasteiger partial charge in [0.1, 0.15) is 0 Å². The second-order valence-corrected chi connectivity index (χ2v) is 7.43. The average molecular weight is 422 g/mol. The number of hydrogen-bond acceptors (Lipinski definition) is 4. The molecule has 0 aliphatic carbocycles. The zero-order chi connectivity index (χ0) is 22.2. The van der Waals surface area contributed by atoms with Gasteiger partial charge in [-0.3, -0.25) is 19.9 Å². The summed E-state index contributed by atoms with van der Waals surface area (Å²) in [5.74, 6) is 5.96. The number of nitrogens with zero attached hydrogens (tertiary/aromatic N) is 2. The van der Waals surface area contributed by atoms with Crippen molar-refractivity contribution in [2.24, 2.45) is 5.10 Å². The number of unbranched alkanes of at least 4 members (excludes halogenated alkanes) is 2. The standard InChI is InChI=1S/C27H23N3O2/c31-26-24-16-7-8-17-25(24)27(32)30(26)18-9-2-1-4-11-21-12-10-13-22(19-21)20-28-29-23-14-5-3-6-15-23/h3,5-8,10,12-17,19-20,29H,1-2,9,18H2. The van der Waals surface area contributed by atoms with Gasteiger partial charge in [0.05, 0.1) is 23.0 Å². The highest BCUT2D eigenvalue weighted by molar-refractivity contribution is 6.21. The van der Waals surface area contributed by atoms with Crippen LogP contribution in [0.3, 0.4) is 0 Å². The number of imide groups is 1. The van der Waals surface area contributed by atoms with E-state index in [1.54, 1.807) is 30.5 Å². The van der Waals surface area contributed by atoms with Crippen LogP contribution in [0.25, 0.3) is 0 Å². The fourth-order valence-corrected chi connectivity index (χ4v) is 3.48.